The quantitative estimate of drug-likeness (QED) is 0.458. The Morgan fingerprint density at radius 3 is 2.53 bits per heavy atom. The van der Waals surface area contributed by atoms with E-state index in [-0.39, 0.29) is 16.2 Å². The van der Waals surface area contributed by atoms with E-state index < -0.39 is 15.9 Å². The van der Waals surface area contributed by atoms with E-state index >= 15 is 0 Å². The van der Waals surface area contributed by atoms with Gasteiger partial charge >= 0.3 is 0 Å². The molecule has 0 radical (unpaired) electrons. The molecule has 34 heavy (non-hydrogen) atoms. The van der Waals surface area contributed by atoms with Crippen LogP contribution in [0.1, 0.15) is 15.9 Å². The first-order valence-corrected chi connectivity index (χ1v) is 12.1. The van der Waals surface area contributed by atoms with Crippen LogP contribution in [-0.2, 0) is 16.4 Å². The number of hydrogen-bond acceptors (Lipinski definition) is 5. The molecule has 0 aliphatic carbocycles. The molecule has 0 saturated heterocycles. The minimum atomic E-state index is -3.87. The Bertz CT molecular complexity index is 1470. The second-order valence-corrected chi connectivity index (χ2v) is 9.60. The van der Waals surface area contributed by atoms with Crippen LogP contribution in [0.4, 0.5) is 11.4 Å². The molecule has 9 heteroatoms. The second kappa shape index (κ2) is 8.68. The monoisotopic (exact) mass is 474 g/mol. The summed E-state index contributed by atoms with van der Waals surface area (Å²) in [6, 6.07) is 20.8. The van der Waals surface area contributed by atoms with Crippen LogP contribution in [0, 0.1) is 0 Å². The van der Waals surface area contributed by atoms with Crippen LogP contribution < -0.4 is 14.4 Å². The lowest BCUT2D eigenvalue weighted by Crippen LogP contribution is -2.29. The van der Waals surface area contributed by atoms with Gasteiger partial charge in [-0.05, 0) is 54.4 Å². The van der Waals surface area contributed by atoms with Crippen LogP contribution in [0.25, 0.3) is 5.69 Å². The van der Waals surface area contributed by atoms with E-state index in [1.54, 1.807) is 41.3 Å². The number of para-hydroxylation sites is 3. The molecule has 1 aromatic heterocycles. The van der Waals surface area contributed by atoms with Crippen molar-refractivity contribution in [3.05, 3.63) is 96.3 Å². The van der Waals surface area contributed by atoms with Crippen molar-refractivity contribution in [3.8, 4) is 11.4 Å². The fourth-order valence-electron chi connectivity index (χ4n) is 4.09. The van der Waals surface area contributed by atoms with Crippen molar-refractivity contribution in [2.75, 3.05) is 23.3 Å². The molecule has 8 nitrogen and oxygen atoms in total. The lowest BCUT2D eigenvalue weighted by molar-refractivity contribution is 0.102. The number of rotatable bonds is 6. The van der Waals surface area contributed by atoms with Crippen molar-refractivity contribution in [2.45, 2.75) is 11.3 Å². The summed E-state index contributed by atoms with van der Waals surface area (Å²) in [5.41, 5.74) is 2.97. The van der Waals surface area contributed by atoms with Gasteiger partial charge in [0.2, 0.25) is 0 Å². The molecule has 1 aliphatic rings. The molecular weight excluding hydrogens is 452 g/mol. The topological polar surface area (TPSA) is 93.5 Å². The predicted molar refractivity (Wildman–Crippen MR) is 129 cm³/mol. The maximum Gasteiger partial charge on any atom is 0.264 e. The Balaban J connectivity index is 1.50. The molecule has 2 heterocycles. The van der Waals surface area contributed by atoms with Gasteiger partial charge in [0.15, 0.2) is 0 Å². The number of amides is 1. The van der Waals surface area contributed by atoms with Crippen molar-refractivity contribution in [3.63, 3.8) is 0 Å². The maximum atomic E-state index is 13.5. The van der Waals surface area contributed by atoms with Crippen molar-refractivity contribution in [2.24, 2.45) is 0 Å². The minimum Gasteiger partial charge on any atom is -0.496 e. The van der Waals surface area contributed by atoms with Gasteiger partial charge < -0.3 is 10.1 Å². The van der Waals surface area contributed by atoms with E-state index in [0.29, 0.717) is 30.0 Å². The maximum absolute atomic E-state index is 13.5. The fourth-order valence-corrected chi connectivity index (χ4v) is 5.62. The third kappa shape index (κ3) is 3.80. The number of sulfonamides is 1. The molecule has 5 rings (SSSR count). The second-order valence-electron chi connectivity index (χ2n) is 7.74. The van der Waals surface area contributed by atoms with E-state index in [4.69, 9.17) is 4.74 Å². The van der Waals surface area contributed by atoms with E-state index in [1.807, 2.05) is 30.3 Å². The number of fused-ring (bicyclic) bond motifs is 1. The minimum absolute atomic E-state index is 0.0236. The number of carbonyl (C=O) groups excluding carboxylic acids is 1. The molecular formula is C25H22N4O4S. The highest BCUT2D eigenvalue weighted by Gasteiger charge is 2.31. The zero-order chi connectivity index (χ0) is 23.7. The van der Waals surface area contributed by atoms with Gasteiger partial charge in [0.25, 0.3) is 15.9 Å². The summed E-state index contributed by atoms with van der Waals surface area (Å²) in [7, 11) is -2.43. The lowest BCUT2D eigenvalue weighted by atomic mass is 10.1. The van der Waals surface area contributed by atoms with E-state index in [1.165, 1.54) is 29.6 Å². The average Bonchev–Trinajstić information content (AvgIpc) is 3.54. The van der Waals surface area contributed by atoms with Crippen molar-refractivity contribution in [1.29, 1.82) is 0 Å². The highest BCUT2D eigenvalue weighted by molar-refractivity contribution is 7.92. The molecule has 0 fully saturated rings. The molecule has 0 bridgehead atoms. The highest BCUT2D eigenvalue weighted by Crippen LogP contribution is 2.34. The molecule has 0 atom stereocenters. The number of nitrogens with one attached hydrogen (secondary N) is 1. The van der Waals surface area contributed by atoms with E-state index in [2.05, 4.69) is 10.4 Å². The SMILES string of the molecule is COc1ccc(S(=O)(=O)N2CCc3ccccc32)cc1C(=O)Nc1ccccc1-n1cccn1. The third-order valence-corrected chi connectivity index (χ3v) is 7.56. The number of ether oxygens (including phenoxy) is 1. The zero-order valence-corrected chi connectivity index (χ0v) is 19.2. The van der Waals surface area contributed by atoms with Gasteiger partial charge in [0.1, 0.15) is 5.75 Å². The molecule has 4 aromatic rings. The number of aromatic nitrogens is 2. The first kappa shape index (κ1) is 21.7. The van der Waals surface area contributed by atoms with Crippen LogP contribution >= 0.6 is 0 Å². The van der Waals surface area contributed by atoms with Crippen LogP contribution in [-0.4, -0.2) is 37.8 Å². The molecule has 1 amide bonds. The molecule has 172 valence electrons. The Morgan fingerprint density at radius 2 is 1.76 bits per heavy atom. The van der Waals surface area contributed by atoms with Crippen molar-refractivity contribution >= 4 is 27.3 Å². The standard InChI is InChI=1S/C25H22N4O4S/c1-33-24-12-11-19(34(31,32)29-16-13-18-7-2-4-9-22(18)29)17-20(24)25(30)27-21-8-3-5-10-23(21)28-15-6-14-26-28/h2-12,14-15,17H,13,16H2,1H3,(H,27,30). The lowest BCUT2D eigenvalue weighted by Gasteiger charge is -2.20. The zero-order valence-electron chi connectivity index (χ0n) is 18.4. The first-order chi connectivity index (χ1) is 16.5. The number of nitrogens with zero attached hydrogens (tertiary/aromatic N) is 3. The Morgan fingerprint density at radius 1 is 1.00 bits per heavy atom. The summed E-state index contributed by atoms with van der Waals surface area (Å²) >= 11 is 0. The Kier molecular flexibility index (Phi) is 5.54. The number of carbonyl (C=O) groups is 1. The van der Waals surface area contributed by atoms with Gasteiger partial charge in [-0.3, -0.25) is 9.10 Å². The first-order valence-electron chi connectivity index (χ1n) is 10.7. The van der Waals surface area contributed by atoms with Gasteiger partial charge in [0, 0.05) is 18.9 Å². The van der Waals surface area contributed by atoms with Crippen LogP contribution in [0.15, 0.2) is 90.1 Å². The summed E-state index contributed by atoms with van der Waals surface area (Å²) in [5.74, 6) is -0.217. The summed E-state index contributed by atoms with van der Waals surface area (Å²) < 4.78 is 35.4. The molecule has 1 aliphatic heterocycles. The van der Waals surface area contributed by atoms with Gasteiger partial charge in [-0.15, -0.1) is 0 Å². The van der Waals surface area contributed by atoms with Crippen LogP contribution in [0.2, 0.25) is 0 Å². The Labute approximate surface area is 197 Å². The largest absolute Gasteiger partial charge is 0.496 e. The summed E-state index contributed by atoms with van der Waals surface area (Å²) in [6.07, 6.45) is 4.06. The molecule has 0 saturated carbocycles. The number of benzene rings is 3. The Hall–Kier alpha value is -4.11. The van der Waals surface area contributed by atoms with Gasteiger partial charge in [-0.25, -0.2) is 13.1 Å². The van der Waals surface area contributed by atoms with E-state index in [0.717, 1.165) is 5.56 Å². The molecule has 0 spiro atoms. The third-order valence-electron chi connectivity index (χ3n) is 5.75. The van der Waals surface area contributed by atoms with E-state index in [9.17, 15) is 13.2 Å². The smallest absolute Gasteiger partial charge is 0.264 e. The van der Waals surface area contributed by atoms with Crippen molar-refractivity contribution in [1.82, 2.24) is 9.78 Å². The summed E-state index contributed by atoms with van der Waals surface area (Å²) in [6.45, 7) is 0.354. The summed E-state index contributed by atoms with van der Waals surface area (Å²) in [4.78, 5) is 13.3. The van der Waals surface area contributed by atoms with Gasteiger partial charge in [-0.2, -0.15) is 5.10 Å². The fraction of sp³-hybridized carbons (Fsp3) is 0.120. The average molecular weight is 475 g/mol. The highest BCUT2D eigenvalue weighted by atomic mass is 32.2. The predicted octanol–water partition coefficient (Wildman–Crippen LogP) is 3.88. The molecule has 3 aromatic carbocycles. The van der Waals surface area contributed by atoms with Crippen LogP contribution in [0.5, 0.6) is 5.75 Å². The number of methoxy groups -OCH3 is 1. The number of anilines is 2. The molecule has 0 unspecified atom stereocenters. The van der Waals surface area contributed by atoms with Crippen LogP contribution in [0.3, 0.4) is 0 Å². The number of hydrogen-bond donors (Lipinski definition) is 1. The van der Waals surface area contributed by atoms with Crippen molar-refractivity contribution < 1.29 is 17.9 Å². The normalized spacial score (nSPS) is 12.9. The van der Waals surface area contributed by atoms with Gasteiger partial charge in [-0.1, -0.05) is 30.3 Å². The molecule has 1 N–H and O–H groups in total. The summed E-state index contributed by atoms with van der Waals surface area (Å²) in [5, 5.41) is 7.09. The van der Waals surface area contributed by atoms with Gasteiger partial charge in [0.05, 0.1) is 34.6 Å².